The van der Waals surface area contributed by atoms with E-state index in [1.54, 1.807) is 31.4 Å². The van der Waals surface area contributed by atoms with Gasteiger partial charge in [-0.2, -0.15) is 0 Å². The van der Waals surface area contributed by atoms with E-state index < -0.39 is 0 Å². The van der Waals surface area contributed by atoms with E-state index in [4.69, 9.17) is 9.47 Å². The number of carbonyl (C=O) groups is 2. The molecule has 0 aliphatic carbocycles. The van der Waals surface area contributed by atoms with Crippen molar-refractivity contribution < 1.29 is 19.1 Å². The molecule has 0 radical (unpaired) electrons. The summed E-state index contributed by atoms with van der Waals surface area (Å²) >= 11 is 3.44. The van der Waals surface area contributed by atoms with Crippen LogP contribution < -0.4 is 19.7 Å². The number of hydrogen-bond donors (Lipinski definition) is 1. The molecule has 0 spiro atoms. The van der Waals surface area contributed by atoms with Crippen LogP contribution in [0, 0.1) is 0 Å². The fourth-order valence-electron chi connectivity index (χ4n) is 2.91. The Hall–Kier alpha value is -2.80. The molecule has 6 nitrogen and oxygen atoms in total. The summed E-state index contributed by atoms with van der Waals surface area (Å²) in [6, 6.07) is 12.7. The molecule has 152 valence electrons. The molecule has 0 bridgehead atoms. The number of hydrogen-bond acceptors (Lipinski definition) is 4. The lowest BCUT2D eigenvalue weighted by molar-refractivity contribution is -0.123. The molecule has 0 aromatic heterocycles. The normalized spacial score (nSPS) is 15.5. The summed E-state index contributed by atoms with van der Waals surface area (Å²) in [6.07, 6.45) is 2.47. The number of halogens is 1. The highest BCUT2D eigenvalue weighted by molar-refractivity contribution is 9.10. The Bertz CT molecular complexity index is 958. The molecule has 0 saturated carbocycles. The number of anilines is 1. The standard InChI is InChI=1S/C22H23BrN2O4/c1-4-14(2)24-21(26)13-25-17-7-5-6-8-19(17)29-20(22(25)27)12-15-9-10-18(28-3)16(23)11-15/h5-12,14H,4,13H2,1-3H3,(H,24,26). The van der Waals surface area contributed by atoms with Crippen molar-refractivity contribution in [3.05, 3.63) is 58.3 Å². The van der Waals surface area contributed by atoms with Crippen LogP contribution in [0.4, 0.5) is 5.69 Å². The van der Waals surface area contributed by atoms with Gasteiger partial charge in [0, 0.05) is 6.04 Å². The third-order valence-electron chi connectivity index (χ3n) is 4.63. The summed E-state index contributed by atoms with van der Waals surface area (Å²) < 4.78 is 11.9. The summed E-state index contributed by atoms with van der Waals surface area (Å²) in [4.78, 5) is 27.0. The summed E-state index contributed by atoms with van der Waals surface area (Å²) in [5.74, 6) is 0.794. The van der Waals surface area contributed by atoms with Crippen LogP contribution in [0.2, 0.25) is 0 Å². The predicted octanol–water partition coefficient (Wildman–Crippen LogP) is 4.14. The van der Waals surface area contributed by atoms with Crippen molar-refractivity contribution in [3.8, 4) is 11.5 Å². The van der Waals surface area contributed by atoms with Gasteiger partial charge in [0.25, 0.3) is 5.91 Å². The molecule has 1 atom stereocenters. The predicted molar refractivity (Wildman–Crippen MR) is 116 cm³/mol. The van der Waals surface area contributed by atoms with Crippen LogP contribution in [0.25, 0.3) is 6.08 Å². The molecule has 3 rings (SSSR count). The number of nitrogens with one attached hydrogen (secondary N) is 1. The molecule has 2 aromatic rings. The molecular formula is C22H23BrN2O4. The van der Waals surface area contributed by atoms with Crippen molar-refractivity contribution in [2.45, 2.75) is 26.3 Å². The lowest BCUT2D eigenvalue weighted by Crippen LogP contribution is -2.46. The minimum atomic E-state index is -0.366. The van der Waals surface area contributed by atoms with Crippen molar-refractivity contribution in [2.24, 2.45) is 0 Å². The van der Waals surface area contributed by atoms with E-state index in [1.807, 2.05) is 38.1 Å². The van der Waals surface area contributed by atoms with Gasteiger partial charge in [-0.05, 0) is 65.2 Å². The van der Waals surface area contributed by atoms with Crippen LogP contribution in [0.3, 0.4) is 0 Å². The molecule has 1 unspecified atom stereocenters. The van der Waals surface area contributed by atoms with Crippen molar-refractivity contribution >= 4 is 39.5 Å². The van der Waals surface area contributed by atoms with Gasteiger partial charge in [-0.25, -0.2) is 0 Å². The molecule has 1 aliphatic heterocycles. The first-order valence-electron chi connectivity index (χ1n) is 9.36. The highest BCUT2D eigenvalue weighted by atomic mass is 79.9. The van der Waals surface area contributed by atoms with Crippen molar-refractivity contribution in [1.29, 1.82) is 0 Å². The van der Waals surface area contributed by atoms with Crippen LogP contribution in [0.5, 0.6) is 11.5 Å². The Morgan fingerprint density at radius 2 is 2.07 bits per heavy atom. The quantitative estimate of drug-likeness (QED) is 0.660. The van der Waals surface area contributed by atoms with E-state index in [9.17, 15) is 9.59 Å². The van der Waals surface area contributed by atoms with E-state index in [1.165, 1.54) is 4.90 Å². The lowest BCUT2D eigenvalue weighted by Gasteiger charge is -2.30. The molecule has 1 heterocycles. The van der Waals surface area contributed by atoms with Gasteiger partial charge in [-0.1, -0.05) is 25.1 Å². The van der Waals surface area contributed by atoms with E-state index in [0.717, 1.165) is 16.5 Å². The Labute approximate surface area is 178 Å². The highest BCUT2D eigenvalue weighted by Crippen LogP contribution is 2.36. The van der Waals surface area contributed by atoms with Crippen LogP contribution in [0.15, 0.2) is 52.7 Å². The molecular weight excluding hydrogens is 436 g/mol. The van der Waals surface area contributed by atoms with E-state index in [0.29, 0.717) is 17.2 Å². The maximum Gasteiger partial charge on any atom is 0.294 e. The van der Waals surface area contributed by atoms with Crippen LogP contribution in [0.1, 0.15) is 25.8 Å². The number of ether oxygens (including phenoxy) is 2. The Morgan fingerprint density at radius 3 is 2.76 bits per heavy atom. The van der Waals surface area contributed by atoms with Gasteiger partial charge in [0.05, 0.1) is 17.3 Å². The Kier molecular flexibility index (Phi) is 6.59. The smallest absolute Gasteiger partial charge is 0.294 e. The number of amides is 2. The molecule has 2 aromatic carbocycles. The van der Waals surface area contributed by atoms with Gasteiger partial charge in [0.1, 0.15) is 12.3 Å². The van der Waals surface area contributed by atoms with Crippen LogP contribution >= 0.6 is 15.9 Å². The van der Waals surface area contributed by atoms with E-state index in [2.05, 4.69) is 21.2 Å². The van der Waals surface area contributed by atoms with Crippen LogP contribution in [-0.4, -0.2) is 31.5 Å². The summed E-state index contributed by atoms with van der Waals surface area (Å²) in [5, 5.41) is 2.90. The Balaban J connectivity index is 1.92. The molecule has 7 heteroatoms. The number of rotatable bonds is 6. The first kappa shape index (κ1) is 20.9. The van der Waals surface area contributed by atoms with Gasteiger partial charge in [0.15, 0.2) is 11.5 Å². The second-order valence-electron chi connectivity index (χ2n) is 6.74. The second-order valence-corrected chi connectivity index (χ2v) is 7.59. The SMILES string of the molecule is CCC(C)NC(=O)CN1C(=O)C(=Cc2ccc(OC)c(Br)c2)Oc2ccccc21. The topological polar surface area (TPSA) is 67.9 Å². The zero-order valence-electron chi connectivity index (χ0n) is 16.6. The minimum Gasteiger partial charge on any atom is -0.496 e. The highest BCUT2D eigenvalue weighted by Gasteiger charge is 2.31. The monoisotopic (exact) mass is 458 g/mol. The summed E-state index contributed by atoms with van der Waals surface area (Å²) in [5.41, 5.74) is 1.34. The fraction of sp³-hybridized carbons (Fsp3) is 0.273. The summed E-state index contributed by atoms with van der Waals surface area (Å²) in [6.45, 7) is 3.85. The molecule has 0 saturated heterocycles. The number of fused-ring (bicyclic) bond motifs is 1. The number of benzene rings is 2. The molecule has 2 amide bonds. The van der Waals surface area contributed by atoms with Crippen molar-refractivity contribution in [1.82, 2.24) is 5.32 Å². The second kappa shape index (κ2) is 9.13. The third-order valence-corrected chi connectivity index (χ3v) is 5.25. The average molecular weight is 459 g/mol. The van der Waals surface area contributed by atoms with Crippen molar-refractivity contribution in [3.63, 3.8) is 0 Å². The molecule has 1 N–H and O–H groups in total. The van der Waals surface area contributed by atoms with Gasteiger partial charge >= 0.3 is 0 Å². The van der Waals surface area contributed by atoms with Crippen LogP contribution in [-0.2, 0) is 9.59 Å². The van der Waals surface area contributed by atoms with Gasteiger partial charge in [0.2, 0.25) is 5.91 Å². The number of methoxy groups -OCH3 is 1. The largest absolute Gasteiger partial charge is 0.496 e. The zero-order chi connectivity index (χ0) is 21.0. The van der Waals surface area contributed by atoms with E-state index >= 15 is 0 Å². The lowest BCUT2D eigenvalue weighted by atomic mass is 10.1. The zero-order valence-corrected chi connectivity index (χ0v) is 18.2. The number of nitrogens with zero attached hydrogens (tertiary/aromatic N) is 1. The maximum absolute atomic E-state index is 13.1. The first-order chi connectivity index (χ1) is 13.9. The number of carbonyl (C=O) groups excluding carboxylic acids is 2. The third kappa shape index (κ3) is 4.79. The van der Waals surface area contributed by atoms with Gasteiger partial charge in [-0.3, -0.25) is 14.5 Å². The maximum atomic E-state index is 13.1. The minimum absolute atomic E-state index is 0.0422. The molecule has 1 aliphatic rings. The molecule has 0 fully saturated rings. The Morgan fingerprint density at radius 1 is 1.31 bits per heavy atom. The average Bonchev–Trinajstić information content (AvgIpc) is 2.71. The summed E-state index contributed by atoms with van der Waals surface area (Å²) in [7, 11) is 1.59. The van der Waals surface area contributed by atoms with Crippen molar-refractivity contribution in [2.75, 3.05) is 18.6 Å². The van der Waals surface area contributed by atoms with Gasteiger partial charge < -0.3 is 14.8 Å². The van der Waals surface area contributed by atoms with Gasteiger partial charge in [-0.15, -0.1) is 0 Å². The van der Waals surface area contributed by atoms with E-state index in [-0.39, 0.29) is 30.2 Å². The number of para-hydroxylation sites is 2. The molecule has 29 heavy (non-hydrogen) atoms. The fourth-order valence-corrected chi connectivity index (χ4v) is 3.47. The first-order valence-corrected chi connectivity index (χ1v) is 10.2.